The van der Waals surface area contributed by atoms with Gasteiger partial charge in [0.15, 0.2) is 0 Å². The van der Waals surface area contributed by atoms with Crippen molar-refractivity contribution in [3.8, 4) is 0 Å². The molecule has 1 saturated heterocycles. The number of likely N-dealkylation sites (tertiary alicyclic amines) is 1. The number of rotatable bonds is 3. The number of nitrogens with zero attached hydrogens (tertiary/aromatic N) is 1. The van der Waals surface area contributed by atoms with Crippen LogP contribution < -0.4 is 5.32 Å². The molecular weight excluding hydrogens is 236 g/mol. The summed E-state index contributed by atoms with van der Waals surface area (Å²) in [6.45, 7) is 7.88. The van der Waals surface area contributed by atoms with E-state index < -0.39 is 0 Å². The molecule has 1 fully saturated rings. The fourth-order valence-electron chi connectivity index (χ4n) is 2.65. The monoisotopic (exact) mass is 260 g/mol. The van der Waals surface area contributed by atoms with Crippen molar-refractivity contribution in [2.24, 2.45) is 0 Å². The molecule has 0 unspecified atom stereocenters. The summed E-state index contributed by atoms with van der Waals surface area (Å²) in [6, 6.07) is 6.55. The lowest BCUT2D eigenvalue weighted by molar-refractivity contribution is -0.118. The molecule has 0 bridgehead atoms. The molecular formula is C16H24N2O. The Hall–Kier alpha value is -1.35. The maximum atomic E-state index is 12.1. The summed E-state index contributed by atoms with van der Waals surface area (Å²) in [6.07, 6.45) is 3.70. The highest BCUT2D eigenvalue weighted by Gasteiger charge is 2.20. The average molecular weight is 260 g/mol. The highest BCUT2D eigenvalue weighted by molar-refractivity contribution is 5.93. The fraction of sp³-hybridized carbons (Fsp3) is 0.562. The second kappa shape index (κ2) is 6.20. The van der Waals surface area contributed by atoms with E-state index in [1.165, 1.54) is 24.8 Å². The third kappa shape index (κ3) is 3.57. The van der Waals surface area contributed by atoms with Crippen molar-refractivity contribution >= 4 is 11.6 Å². The number of amides is 1. The zero-order valence-electron chi connectivity index (χ0n) is 12.2. The van der Waals surface area contributed by atoms with Gasteiger partial charge in [0.1, 0.15) is 0 Å². The molecule has 0 aliphatic carbocycles. The van der Waals surface area contributed by atoms with E-state index in [2.05, 4.69) is 37.1 Å². The summed E-state index contributed by atoms with van der Waals surface area (Å²) in [5.74, 6) is 0.0995. The van der Waals surface area contributed by atoms with Crippen LogP contribution in [0.3, 0.4) is 0 Å². The smallest absolute Gasteiger partial charge is 0.238 e. The molecule has 1 aliphatic heterocycles. The van der Waals surface area contributed by atoms with Gasteiger partial charge in [-0.05, 0) is 57.4 Å². The number of anilines is 1. The second-order valence-electron chi connectivity index (χ2n) is 5.61. The first-order valence-corrected chi connectivity index (χ1v) is 7.18. The average Bonchev–Trinajstić information content (AvgIpc) is 2.38. The summed E-state index contributed by atoms with van der Waals surface area (Å²) in [7, 11) is 0. The quantitative estimate of drug-likeness (QED) is 0.905. The van der Waals surface area contributed by atoms with E-state index in [-0.39, 0.29) is 5.91 Å². The molecule has 3 nitrogen and oxygen atoms in total. The van der Waals surface area contributed by atoms with Crippen LogP contribution in [0, 0.1) is 13.8 Å². The van der Waals surface area contributed by atoms with Gasteiger partial charge in [-0.3, -0.25) is 9.69 Å². The lowest BCUT2D eigenvalue weighted by Crippen LogP contribution is -2.42. The topological polar surface area (TPSA) is 32.3 Å². The minimum Gasteiger partial charge on any atom is -0.325 e. The van der Waals surface area contributed by atoms with Crippen LogP contribution in [0.2, 0.25) is 0 Å². The first-order chi connectivity index (χ1) is 9.08. The summed E-state index contributed by atoms with van der Waals surface area (Å²) >= 11 is 0. The highest BCUT2D eigenvalue weighted by atomic mass is 16.2. The van der Waals surface area contributed by atoms with Crippen LogP contribution in [0.15, 0.2) is 18.2 Å². The Bertz CT molecular complexity index is 456. The third-order valence-electron chi connectivity index (χ3n) is 4.17. The van der Waals surface area contributed by atoms with Gasteiger partial charge in [-0.25, -0.2) is 0 Å². The van der Waals surface area contributed by atoms with E-state index in [4.69, 9.17) is 0 Å². The van der Waals surface area contributed by atoms with Crippen LogP contribution in [0.4, 0.5) is 5.69 Å². The molecule has 0 spiro atoms. The Kier molecular flexibility index (Phi) is 4.59. The van der Waals surface area contributed by atoms with Gasteiger partial charge in [0.25, 0.3) is 0 Å². The van der Waals surface area contributed by atoms with Crippen LogP contribution in [-0.2, 0) is 4.79 Å². The van der Waals surface area contributed by atoms with E-state index in [0.29, 0.717) is 12.6 Å². The molecule has 1 aromatic carbocycles. The molecule has 1 amide bonds. The van der Waals surface area contributed by atoms with E-state index in [9.17, 15) is 4.79 Å². The van der Waals surface area contributed by atoms with Crippen molar-refractivity contribution in [2.45, 2.75) is 46.1 Å². The maximum absolute atomic E-state index is 12.1. The van der Waals surface area contributed by atoms with E-state index in [1.54, 1.807) is 0 Å². The first kappa shape index (κ1) is 14.1. The van der Waals surface area contributed by atoms with Gasteiger partial charge in [0, 0.05) is 11.7 Å². The molecule has 1 atom stereocenters. The number of aryl methyl sites for hydroxylation is 1. The molecule has 1 N–H and O–H groups in total. The Labute approximate surface area is 116 Å². The van der Waals surface area contributed by atoms with Gasteiger partial charge in [-0.15, -0.1) is 0 Å². The second-order valence-corrected chi connectivity index (χ2v) is 5.61. The van der Waals surface area contributed by atoms with Crippen molar-refractivity contribution in [1.82, 2.24) is 4.90 Å². The third-order valence-corrected chi connectivity index (χ3v) is 4.17. The molecule has 3 heteroatoms. The molecule has 0 radical (unpaired) electrons. The molecule has 104 valence electrons. The van der Waals surface area contributed by atoms with E-state index in [0.717, 1.165) is 17.8 Å². The molecule has 0 aromatic heterocycles. The van der Waals surface area contributed by atoms with Gasteiger partial charge in [-0.2, -0.15) is 0 Å². The Balaban J connectivity index is 1.95. The minimum absolute atomic E-state index is 0.0995. The molecule has 1 aromatic rings. The number of carbonyl (C=O) groups excluding carboxylic acids is 1. The summed E-state index contributed by atoms with van der Waals surface area (Å²) in [4.78, 5) is 14.4. The normalized spacial score (nSPS) is 20.3. The molecule has 1 heterocycles. The predicted molar refractivity (Wildman–Crippen MR) is 79.4 cm³/mol. The Morgan fingerprint density at radius 2 is 2.16 bits per heavy atom. The number of hydrogen-bond acceptors (Lipinski definition) is 2. The van der Waals surface area contributed by atoms with Crippen LogP contribution >= 0.6 is 0 Å². The van der Waals surface area contributed by atoms with Crippen LogP contribution in [-0.4, -0.2) is 29.9 Å². The van der Waals surface area contributed by atoms with E-state index in [1.807, 2.05) is 12.1 Å². The zero-order valence-corrected chi connectivity index (χ0v) is 12.2. The SMILES string of the molecule is Cc1cccc(NC(=O)CN2CCCC[C@H]2C)c1C. The lowest BCUT2D eigenvalue weighted by atomic mass is 10.0. The van der Waals surface area contributed by atoms with Gasteiger partial charge >= 0.3 is 0 Å². The Morgan fingerprint density at radius 1 is 1.37 bits per heavy atom. The van der Waals surface area contributed by atoms with Gasteiger partial charge in [0.2, 0.25) is 5.91 Å². The number of carbonyl (C=O) groups is 1. The lowest BCUT2D eigenvalue weighted by Gasteiger charge is -2.32. The van der Waals surface area contributed by atoms with Crippen LogP contribution in [0.1, 0.15) is 37.3 Å². The van der Waals surface area contributed by atoms with Gasteiger partial charge in [0.05, 0.1) is 6.54 Å². The van der Waals surface area contributed by atoms with E-state index >= 15 is 0 Å². The number of benzene rings is 1. The number of nitrogens with one attached hydrogen (secondary N) is 1. The van der Waals surface area contributed by atoms with Gasteiger partial charge in [-0.1, -0.05) is 18.6 Å². The predicted octanol–water partition coefficient (Wildman–Crippen LogP) is 3.12. The fourth-order valence-corrected chi connectivity index (χ4v) is 2.65. The van der Waals surface area contributed by atoms with Crippen molar-refractivity contribution in [3.63, 3.8) is 0 Å². The van der Waals surface area contributed by atoms with Crippen molar-refractivity contribution in [1.29, 1.82) is 0 Å². The van der Waals surface area contributed by atoms with Crippen LogP contribution in [0.5, 0.6) is 0 Å². The Morgan fingerprint density at radius 3 is 2.89 bits per heavy atom. The van der Waals surface area contributed by atoms with Crippen molar-refractivity contribution < 1.29 is 4.79 Å². The van der Waals surface area contributed by atoms with Crippen molar-refractivity contribution in [2.75, 3.05) is 18.4 Å². The highest BCUT2D eigenvalue weighted by Crippen LogP contribution is 2.19. The molecule has 19 heavy (non-hydrogen) atoms. The number of piperidine rings is 1. The molecule has 1 aliphatic rings. The maximum Gasteiger partial charge on any atom is 0.238 e. The molecule has 0 saturated carbocycles. The summed E-state index contributed by atoms with van der Waals surface area (Å²) in [5, 5.41) is 3.04. The van der Waals surface area contributed by atoms with Gasteiger partial charge < -0.3 is 5.32 Å². The number of hydrogen-bond donors (Lipinski definition) is 1. The summed E-state index contributed by atoms with van der Waals surface area (Å²) in [5.41, 5.74) is 3.31. The van der Waals surface area contributed by atoms with Crippen LogP contribution in [0.25, 0.3) is 0 Å². The standard InChI is InChI=1S/C16H24N2O/c1-12-7-6-9-15(14(12)3)17-16(19)11-18-10-5-4-8-13(18)2/h6-7,9,13H,4-5,8,10-11H2,1-3H3,(H,17,19)/t13-/m1/s1. The van der Waals surface area contributed by atoms with Crippen molar-refractivity contribution in [3.05, 3.63) is 29.3 Å². The first-order valence-electron chi connectivity index (χ1n) is 7.18. The minimum atomic E-state index is 0.0995. The summed E-state index contributed by atoms with van der Waals surface area (Å²) < 4.78 is 0. The molecule has 2 rings (SSSR count). The largest absolute Gasteiger partial charge is 0.325 e. The zero-order chi connectivity index (χ0) is 13.8.